The Morgan fingerprint density at radius 2 is 1.39 bits per heavy atom. The van der Waals surface area contributed by atoms with Crippen LogP contribution < -0.4 is 36.7 Å². The molecule has 3 aromatic carbocycles. The lowest BCUT2D eigenvalue weighted by atomic mass is 10.0. The van der Waals surface area contributed by atoms with Crippen molar-refractivity contribution in [2.75, 3.05) is 136 Å². The lowest BCUT2D eigenvalue weighted by Gasteiger charge is -2.27. The number of benzene rings is 3. The highest BCUT2D eigenvalue weighted by molar-refractivity contribution is 6.27. The summed E-state index contributed by atoms with van der Waals surface area (Å²) in [7, 11) is 1.79. The Bertz CT molecular complexity index is 2290. The minimum Gasteiger partial charge on any atom is -0.484 e. The highest BCUT2D eigenvalue weighted by atomic mass is 16.6. The smallest absolute Gasteiger partial charge is 0.333 e. The van der Waals surface area contributed by atoms with Gasteiger partial charge < -0.3 is 64.8 Å². The molecule has 22 heteroatoms. The predicted molar refractivity (Wildman–Crippen MR) is 257 cm³/mol. The zero-order valence-electron chi connectivity index (χ0n) is 39.3. The molecule has 1 atom stereocenters. The zero-order valence-corrected chi connectivity index (χ0v) is 39.3. The predicted octanol–water partition coefficient (Wildman–Crippen LogP) is 1.96. The molecule has 8 N–H and O–H groups in total. The Kier molecular flexibility index (Phi) is 21.8. The van der Waals surface area contributed by atoms with Crippen molar-refractivity contribution in [2.45, 2.75) is 18.9 Å². The van der Waals surface area contributed by atoms with Crippen LogP contribution in [0.1, 0.15) is 39.1 Å². The molecule has 0 radical (unpaired) electrons. The van der Waals surface area contributed by atoms with Crippen molar-refractivity contribution in [2.24, 2.45) is 0 Å². The first kappa shape index (κ1) is 52.9. The summed E-state index contributed by atoms with van der Waals surface area (Å²) in [4.78, 5) is 63.5. The van der Waals surface area contributed by atoms with Crippen molar-refractivity contribution in [3.8, 4) is 28.3 Å². The fraction of sp³-hybridized carbons (Fsp3) is 0.458. The van der Waals surface area contributed by atoms with E-state index in [0.29, 0.717) is 163 Å². The molecule has 0 spiro atoms. The molecule has 2 heterocycles. The van der Waals surface area contributed by atoms with Gasteiger partial charge in [-0.3, -0.25) is 29.7 Å². The molecular formula is C48H63N9O13. The number of aromatic amines is 1. The summed E-state index contributed by atoms with van der Waals surface area (Å²) in [5.41, 5.74) is 7.69. The number of ketones is 1. The van der Waals surface area contributed by atoms with E-state index in [0.717, 1.165) is 5.69 Å². The van der Waals surface area contributed by atoms with Crippen LogP contribution in [-0.2, 0) is 38.0 Å². The normalized spacial score (nSPS) is 13.5. The van der Waals surface area contributed by atoms with E-state index in [4.69, 9.17) is 33.2 Å². The van der Waals surface area contributed by atoms with Crippen LogP contribution in [0.4, 0.5) is 16.2 Å². The molecule has 1 aliphatic carbocycles. The molecule has 0 unspecified atom stereocenters. The highest BCUT2D eigenvalue weighted by Crippen LogP contribution is 2.43. The van der Waals surface area contributed by atoms with E-state index in [-0.39, 0.29) is 43.1 Å². The molecule has 5 amide bonds. The lowest BCUT2D eigenvalue weighted by Crippen LogP contribution is -2.49. The highest BCUT2D eigenvalue weighted by Gasteiger charge is 2.35. The number of anilines is 2. The van der Waals surface area contributed by atoms with Gasteiger partial charge in [0.05, 0.1) is 114 Å². The number of hydrogen-bond acceptors (Lipinski definition) is 16. The Morgan fingerprint density at radius 3 is 2.00 bits per heavy atom. The summed E-state index contributed by atoms with van der Waals surface area (Å²) in [6.07, 6.45) is 0.446. The van der Waals surface area contributed by atoms with Gasteiger partial charge in [0.2, 0.25) is 5.91 Å². The number of H-pyrrole nitrogens is 1. The number of fused-ring (bicyclic) bond motifs is 3. The Labute approximate surface area is 405 Å². The molecular weight excluding hydrogens is 911 g/mol. The van der Waals surface area contributed by atoms with Gasteiger partial charge in [-0.25, -0.2) is 9.80 Å². The topological polar surface area (TPSA) is 274 Å². The number of nitrogens with zero attached hydrogens (tertiary/aromatic N) is 2. The van der Waals surface area contributed by atoms with E-state index < -0.39 is 12.1 Å². The van der Waals surface area contributed by atoms with Crippen molar-refractivity contribution >= 4 is 40.9 Å². The summed E-state index contributed by atoms with van der Waals surface area (Å²) in [5.74, 6) is -0.615. The van der Waals surface area contributed by atoms with Gasteiger partial charge in [0, 0.05) is 62.0 Å². The molecule has 22 nitrogen and oxygen atoms in total. The van der Waals surface area contributed by atoms with Gasteiger partial charge in [0.1, 0.15) is 11.4 Å². The number of aromatic nitrogens is 2. The third-order valence-electron chi connectivity index (χ3n) is 10.9. The largest absolute Gasteiger partial charge is 0.484 e. The van der Waals surface area contributed by atoms with Crippen molar-refractivity contribution in [3.05, 3.63) is 83.4 Å². The summed E-state index contributed by atoms with van der Waals surface area (Å²) in [5, 5.41) is 32.9. The molecule has 1 aliphatic heterocycles. The van der Waals surface area contributed by atoms with Gasteiger partial charge in [-0.2, -0.15) is 5.10 Å². The number of hydrazine groups is 1. The van der Waals surface area contributed by atoms with Gasteiger partial charge >= 0.3 is 6.03 Å². The number of aliphatic hydroxyl groups excluding tert-OH is 1. The van der Waals surface area contributed by atoms with Crippen molar-refractivity contribution in [1.82, 2.24) is 36.6 Å². The minimum absolute atomic E-state index is 0.149. The van der Waals surface area contributed by atoms with Gasteiger partial charge in [-0.05, 0) is 61.0 Å². The molecule has 0 bridgehead atoms. The first-order chi connectivity index (χ1) is 34.2. The van der Waals surface area contributed by atoms with E-state index in [9.17, 15) is 29.1 Å². The van der Waals surface area contributed by atoms with Gasteiger partial charge in [0.15, 0.2) is 12.4 Å². The molecule has 378 valence electrons. The number of urea groups is 1. The Hall–Kier alpha value is -6.50. The number of ether oxygens (including phenoxy) is 7. The number of rotatable bonds is 31. The second-order valence-corrected chi connectivity index (χ2v) is 15.8. The molecule has 2 aliphatic rings. The number of carbonyl (C=O) groups excluding carboxylic acids is 5. The maximum Gasteiger partial charge on any atom is 0.333 e. The molecule has 6 rings (SSSR count). The number of carbonyl (C=O) groups is 5. The summed E-state index contributed by atoms with van der Waals surface area (Å²) >= 11 is 0. The van der Waals surface area contributed by atoms with Crippen LogP contribution in [0, 0.1) is 0 Å². The first-order valence-electron chi connectivity index (χ1n) is 23.3. The summed E-state index contributed by atoms with van der Waals surface area (Å²) in [6.45, 7) is 5.98. The second-order valence-electron chi connectivity index (χ2n) is 15.8. The van der Waals surface area contributed by atoms with Gasteiger partial charge in [-0.1, -0.05) is 12.1 Å². The van der Waals surface area contributed by atoms with Gasteiger partial charge in [0.25, 0.3) is 11.8 Å². The third-order valence-corrected chi connectivity index (χ3v) is 10.9. The summed E-state index contributed by atoms with van der Waals surface area (Å²) < 4.78 is 38.5. The molecule has 1 fully saturated rings. The maximum absolute atomic E-state index is 13.7. The molecule has 4 aromatic rings. The molecule has 70 heavy (non-hydrogen) atoms. The van der Waals surface area contributed by atoms with Gasteiger partial charge in [-0.15, -0.1) is 0 Å². The van der Waals surface area contributed by atoms with Crippen LogP contribution >= 0.6 is 0 Å². The molecule has 1 saturated heterocycles. The monoisotopic (exact) mass is 973 g/mol. The van der Waals surface area contributed by atoms with E-state index in [1.807, 2.05) is 6.07 Å². The first-order valence-corrected chi connectivity index (χ1v) is 23.3. The van der Waals surface area contributed by atoms with Crippen molar-refractivity contribution < 1.29 is 62.2 Å². The fourth-order valence-corrected chi connectivity index (χ4v) is 7.25. The maximum atomic E-state index is 13.7. The SMILES string of the molecule is CNc1ccc(C(=O)N[C@H](CO)CCC(=O)NCCOCCOCCOCCOCCOCCNC(=O)COc2ccc(-c3n[nH]c4c3C(=O)c3c(NC(=O)NN5CCOCC5)cccc3-4)cc2)cc1. The summed E-state index contributed by atoms with van der Waals surface area (Å²) in [6, 6.07) is 18.2. The average molecular weight is 974 g/mol. The van der Waals surface area contributed by atoms with E-state index in [1.54, 1.807) is 72.7 Å². The number of amides is 5. The van der Waals surface area contributed by atoms with Crippen LogP contribution in [0.15, 0.2) is 66.7 Å². The van der Waals surface area contributed by atoms with E-state index in [1.165, 1.54) is 0 Å². The minimum atomic E-state index is -0.540. The van der Waals surface area contributed by atoms with E-state index in [2.05, 4.69) is 42.2 Å². The number of morpholine rings is 1. The average Bonchev–Trinajstić information content (AvgIpc) is 3.94. The van der Waals surface area contributed by atoms with Crippen LogP contribution in [0.5, 0.6) is 5.75 Å². The second kappa shape index (κ2) is 28.9. The number of aliphatic hydroxyl groups is 1. The standard InChI is InChI=1S/C48H63N9O13/c1-49-35-9-5-34(6-10-35)47(62)52-36(31-58)11-14-40(59)50-15-19-64-23-25-67-27-29-69-30-28-68-26-24-65-20-16-51-41(60)32-70-37-12-7-33(8-13-37)44-43-45(55-54-44)38-3-2-4-39(42(38)46(43)61)53-48(63)56-57-17-21-66-22-18-57/h2-10,12-13,36,49,58H,11,14-32H2,1H3,(H,50,59)(H,51,60)(H,52,62)(H,54,55)(H2,53,56,63)/t36-/m0/s1. The number of hydrogen-bond donors (Lipinski definition) is 8. The van der Waals surface area contributed by atoms with Crippen LogP contribution in [0.2, 0.25) is 0 Å². The van der Waals surface area contributed by atoms with E-state index >= 15 is 0 Å². The zero-order chi connectivity index (χ0) is 49.3. The van der Waals surface area contributed by atoms with Crippen molar-refractivity contribution in [1.29, 1.82) is 0 Å². The van der Waals surface area contributed by atoms with Crippen molar-refractivity contribution in [3.63, 3.8) is 0 Å². The number of nitrogens with one attached hydrogen (secondary N) is 7. The van der Waals surface area contributed by atoms with Crippen LogP contribution in [0.25, 0.3) is 22.5 Å². The quantitative estimate of drug-likeness (QED) is 0.0295. The Morgan fingerprint density at radius 1 is 0.771 bits per heavy atom. The lowest BCUT2D eigenvalue weighted by molar-refractivity contribution is -0.123. The Balaban J connectivity index is 0.715. The molecule has 0 saturated carbocycles. The molecule has 1 aromatic heterocycles. The van der Waals surface area contributed by atoms with Crippen LogP contribution in [0.3, 0.4) is 0 Å². The fourth-order valence-electron chi connectivity index (χ4n) is 7.25. The van der Waals surface area contributed by atoms with Crippen LogP contribution in [-0.4, -0.2) is 182 Å². The third kappa shape index (κ3) is 16.6.